The molecular weight excluding hydrogens is 224 g/mol. The van der Waals surface area contributed by atoms with Gasteiger partial charge in [-0.3, -0.25) is 4.79 Å². The van der Waals surface area contributed by atoms with Gasteiger partial charge in [0.15, 0.2) is 5.78 Å². The van der Waals surface area contributed by atoms with Gasteiger partial charge in [0.1, 0.15) is 5.75 Å². The lowest BCUT2D eigenvalue weighted by Crippen LogP contribution is -2.17. The number of carbonyl (C=O) groups excluding carboxylic acids is 1. The molecule has 0 saturated heterocycles. The normalized spacial score (nSPS) is 12.6. The standard InChI is InChI=1S/C13H17ClO2/c1-8(2)9(3)13(15)11-7-10(14)5-6-12(11)16-4/h5-9H,1-4H3. The van der Waals surface area contributed by atoms with Crippen molar-refractivity contribution in [2.45, 2.75) is 20.8 Å². The lowest BCUT2D eigenvalue weighted by Gasteiger charge is -2.16. The fourth-order valence-corrected chi connectivity index (χ4v) is 1.59. The fraction of sp³-hybridized carbons (Fsp3) is 0.462. The predicted molar refractivity (Wildman–Crippen MR) is 66.3 cm³/mol. The molecule has 1 rings (SSSR count). The van der Waals surface area contributed by atoms with Crippen LogP contribution in [0, 0.1) is 11.8 Å². The zero-order valence-corrected chi connectivity index (χ0v) is 10.8. The van der Waals surface area contributed by atoms with Gasteiger partial charge in [-0.05, 0) is 24.1 Å². The van der Waals surface area contributed by atoms with E-state index in [1.165, 1.54) is 0 Å². The summed E-state index contributed by atoms with van der Waals surface area (Å²) in [4.78, 5) is 12.2. The third-order valence-corrected chi connectivity index (χ3v) is 3.08. The summed E-state index contributed by atoms with van der Waals surface area (Å²) in [7, 11) is 1.56. The van der Waals surface area contributed by atoms with E-state index in [4.69, 9.17) is 16.3 Å². The van der Waals surface area contributed by atoms with Gasteiger partial charge < -0.3 is 4.74 Å². The quantitative estimate of drug-likeness (QED) is 0.748. The van der Waals surface area contributed by atoms with Crippen LogP contribution in [0.25, 0.3) is 0 Å². The zero-order chi connectivity index (χ0) is 12.3. The molecule has 0 spiro atoms. The molecule has 0 aromatic heterocycles. The van der Waals surface area contributed by atoms with Crippen molar-refractivity contribution in [2.75, 3.05) is 7.11 Å². The van der Waals surface area contributed by atoms with Gasteiger partial charge in [0.25, 0.3) is 0 Å². The highest BCUT2D eigenvalue weighted by Crippen LogP contribution is 2.27. The van der Waals surface area contributed by atoms with Crippen molar-refractivity contribution in [2.24, 2.45) is 11.8 Å². The molecule has 0 saturated carbocycles. The lowest BCUT2D eigenvalue weighted by molar-refractivity contribution is 0.0896. The first-order chi connectivity index (χ1) is 7.47. The Balaban J connectivity index is 3.11. The van der Waals surface area contributed by atoms with Gasteiger partial charge in [0, 0.05) is 10.9 Å². The summed E-state index contributed by atoms with van der Waals surface area (Å²) >= 11 is 5.89. The van der Waals surface area contributed by atoms with Crippen molar-refractivity contribution < 1.29 is 9.53 Å². The van der Waals surface area contributed by atoms with Crippen LogP contribution >= 0.6 is 11.6 Å². The Bertz CT molecular complexity index is 386. The summed E-state index contributed by atoms with van der Waals surface area (Å²) in [6.07, 6.45) is 0. The van der Waals surface area contributed by atoms with Gasteiger partial charge in [0.05, 0.1) is 12.7 Å². The second-order valence-electron chi connectivity index (χ2n) is 4.24. The third-order valence-electron chi connectivity index (χ3n) is 2.84. The highest BCUT2D eigenvalue weighted by molar-refractivity contribution is 6.31. The molecule has 1 unspecified atom stereocenters. The molecule has 0 aliphatic carbocycles. The molecule has 0 radical (unpaired) electrons. The maximum absolute atomic E-state index is 12.2. The number of halogens is 1. The molecule has 3 heteroatoms. The molecule has 1 atom stereocenters. The van der Waals surface area contributed by atoms with Crippen LogP contribution < -0.4 is 4.74 Å². The maximum Gasteiger partial charge on any atom is 0.169 e. The second-order valence-corrected chi connectivity index (χ2v) is 4.68. The second kappa shape index (κ2) is 5.35. The molecule has 0 fully saturated rings. The van der Waals surface area contributed by atoms with Gasteiger partial charge in [-0.25, -0.2) is 0 Å². The minimum Gasteiger partial charge on any atom is -0.496 e. The SMILES string of the molecule is COc1ccc(Cl)cc1C(=O)C(C)C(C)C. The molecule has 88 valence electrons. The minimum absolute atomic E-state index is 0.0348. The monoisotopic (exact) mass is 240 g/mol. The molecule has 0 bridgehead atoms. The van der Waals surface area contributed by atoms with E-state index in [9.17, 15) is 4.79 Å². The highest BCUT2D eigenvalue weighted by Gasteiger charge is 2.21. The number of ether oxygens (including phenoxy) is 1. The number of hydrogen-bond acceptors (Lipinski definition) is 2. The van der Waals surface area contributed by atoms with E-state index in [0.717, 1.165) is 0 Å². The molecule has 2 nitrogen and oxygen atoms in total. The van der Waals surface area contributed by atoms with E-state index in [2.05, 4.69) is 0 Å². The lowest BCUT2D eigenvalue weighted by atomic mass is 9.89. The summed E-state index contributed by atoms with van der Waals surface area (Å²) in [5, 5.41) is 0.556. The number of hydrogen-bond donors (Lipinski definition) is 0. The average Bonchev–Trinajstić information content (AvgIpc) is 2.26. The molecule has 16 heavy (non-hydrogen) atoms. The first kappa shape index (κ1) is 13.0. The predicted octanol–water partition coefficient (Wildman–Crippen LogP) is 3.82. The van der Waals surface area contributed by atoms with Gasteiger partial charge in [-0.2, -0.15) is 0 Å². The van der Waals surface area contributed by atoms with Crippen molar-refractivity contribution in [3.8, 4) is 5.75 Å². The molecule has 0 aliphatic rings. The van der Waals surface area contributed by atoms with E-state index in [0.29, 0.717) is 22.3 Å². The fourth-order valence-electron chi connectivity index (χ4n) is 1.42. The number of methoxy groups -OCH3 is 1. The van der Waals surface area contributed by atoms with Crippen LogP contribution in [-0.4, -0.2) is 12.9 Å². The van der Waals surface area contributed by atoms with Crippen molar-refractivity contribution in [3.63, 3.8) is 0 Å². The Kier molecular flexibility index (Phi) is 4.36. The summed E-state index contributed by atoms with van der Waals surface area (Å²) in [6.45, 7) is 5.98. The van der Waals surface area contributed by atoms with E-state index in [1.54, 1.807) is 25.3 Å². The number of rotatable bonds is 4. The van der Waals surface area contributed by atoms with Crippen LogP contribution in [0.2, 0.25) is 5.02 Å². The molecular formula is C13H17ClO2. The number of benzene rings is 1. The van der Waals surface area contributed by atoms with Gasteiger partial charge in [0.2, 0.25) is 0 Å². The average molecular weight is 241 g/mol. The van der Waals surface area contributed by atoms with Crippen LogP contribution in [0.15, 0.2) is 18.2 Å². The highest BCUT2D eigenvalue weighted by atomic mass is 35.5. The topological polar surface area (TPSA) is 26.3 Å². The van der Waals surface area contributed by atoms with Crippen molar-refractivity contribution in [1.82, 2.24) is 0 Å². The molecule has 0 heterocycles. The van der Waals surface area contributed by atoms with Crippen LogP contribution in [0.3, 0.4) is 0 Å². The first-order valence-corrected chi connectivity index (χ1v) is 5.73. The van der Waals surface area contributed by atoms with E-state index in [1.807, 2.05) is 20.8 Å². The van der Waals surface area contributed by atoms with E-state index in [-0.39, 0.29) is 11.7 Å². The Morgan fingerprint density at radius 3 is 2.44 bits per heavy atom. The number of carbonyl (C=O) groups is 1. The van der Waals surface area contributed by atoms with E-state index >= 15 is 0 Å². The third kappa shape index (κ3) is 2.76. The molecule has 1 aromatic carbocycles. The molecule has 0 amide bonds. The Hall–Kier alpha value is -1.02. The Morgan fingerprint density at radius 1 is 1.31 bits per heavy atom. The van der Waals surface area contributed by atoms with E-state index < -0.39 is 0 Å². The van der Waals surface area contributed by atoms with Gasteiger partial charge >= 0.3 is 0 Å². The summed E-state index contributed by atoms with van der Waals surface area (Å²) in [5.74, 6) is 0.930. The minimum atomic E-state index is -0.0348. The smallest absolute Gasteiger partial charge is 0.169 e. The van der Waals surface area contributed by atoms with Crippen LogP contribution in [-0.2, 0) is 0 Å². The molecule has 0 N–H and O–H groups in total. The maximum atomic E-state index is 12.2. The largest absolute Gasteiger partial charge is 0.496 e. The summed E-state index contributed by atoms with van der Waals surface area (Å²) in [6, 6.07) is 5.11. The molecule has 0 aliphatic heterocycles. The molecule has 1 aromatic rings. The van der Waals surface area contributed by atoms with Crippen LogP contribution in [0.4, 0.5) is 0 Å². The number of ketones is 1. The zero-order valence-electron chi connectivity index (χ0n) is 10.1. The van der Waals surface area contributed by atoms with Gasteiger partial charge in [-0.1, -0.05) is 32.4 Å². The van der Waals surface area contributed by atoms with Crippen molar-refractivity contribution >= 4 is 17.4 Å². The Morgan fingerprint density at radius 2 is 1.94 bits per heavy atom. The van der Waals surface area contributed by atoms with Gasteiger partial charge in [-0.15, -0.1) is 0 Å². The van der Waals surface area contributed by atoms with Crippen molar-refractivity contribution in [3.05, 3.63) is 28.8 Å². The van der Waals surface area contributed by atoms with Crippen molar-refractivity contribution in [1.29, 1.82) is 0 Å². The first-order valence-electron chi connectivity index (χ1n) is 5.35. The summed E-state index contributed by atoms with van der Waals surface area (Å²) in [5.41, 5.74) is 0.566. The van der Waals surface area contributed by atoms with Crippen LogP contribution in [0.1, 0.15) is 31.1 Å². The number of Topliss-reactive ketones (excluding diaryl/α,β-unsaturated/α-hetero) is 1. The van der Waals surface area contributed by atoms with Crippen LogP contribution in [0.5, 0.6) is 5.75 Å². The summed E-state index contributed by atoms with van der Waals surface area (Å²) < 4.78 is 5.17. The Labute approximate surface area is 102 Å².